The van der Waals surface area contributed by atoms with Gasteiger partial charge in [-0.1, -0.05) is 18.2 Å². The van der Waals surface area contributed by atoms with Gasteiger partial charge in [0, 0.05) is 24.5 Å². The summed E-state index contributed by atoms with van der Waals surface area (Å²) in [4.78, 5) is 14.3. The minimum atomic E-state index is -1.64. The van der Waals surface area contributed by atoms with Crippen LogP contribution in [-0.4, -0.2) is 22.2 Å². The third kappa shape index (κ3) is 3.08. The van der Waals surface area contributed by atoms with Crippen molar-refractivity contribution < 1.29 is 27.1 Å². The smallest absolute Gasteiger partial charge is 0.278 e. The van der Waals surface area contributed by atoms with E-state index in [1.54, 1.807) is 4.90 Å². The van der Waals surface area contributed by atoms with Gasteiger partial charge in [-0.25, -0.2) is 13.5 Å². The van der Waals surface area contributed by atoms with Crippen LogP contribution in [0.3, 0.4) is 0 Å². The van der Waals surface area contributed by atoms with Gasteiger partial charge in [0.25, 0.3) is 5.91 Å². The van der Waals surface area contributed by atoms with Gasteiger partial charge in [0.1, 0.15) is 0 Å². The van der Waals surface area contributed by atoms with E-state index in [1.165, 1.54) is 12.3 Å². The van der Waals surface area contributed by atoms with Crippen molar-refractivity contribution in [2.75, 3.05) is 11.4 Å². The largest absolute Gasteiger partial charge is 0.465 e. The number of benzene rings is 2. The first-order chi connectivity index (χ1) is 13.5. The standard InChI is InChI=1S/C19H13F4N3O2/c20-12-9-13(21)17(23)18(16(12)22)28-10-25-7-6-14(24-25)19(27)26-8-5-11-3-1-2-4-15(11)26/h1-4,6-7,9H,5,8,10H2. The number of ether oxygens (including phenoxy) is 1. The maximum atomic E-state index is 13.6. The maximum Gasteiger partial charge on any atom is 0.278 e. The van der Waals surface area contributed by atoms with Crippen LogP contribution in [0.1, 0.15) is 16.1 Å². The minimum absolute atomic E-state index is 0.0933. The van der Waals surface area contributed by atoms with Crippen LogP contribution < -0.4 is 9.64 Å². The SMILES string of the molecule is O=C(c1ccn(COc2c(F)c(F)cc(F)c2F)n1)N1CCc2ccccc21. The van der Waals surface area contributed by atoms with Crippen LogP contribution in [0.5, 0.6) is 5.75 Å². The summed E-state index contributed by atoms with van der Waals surface area (Å²) in [7, 11) is 0. The predicted molar refractivity (Wildman–Crippen MR) is 91.0 cm³/mol. The molecule has 0 atom stereocenters. The van der Waals surface area contributed by atoms with E-state index in [1.807, 2.05) is 24.3 Å². The zero-order chi connectivity index (χ0) is 19.8. The summed E-state index contributed by atoms with van der Waals surface area (Å²) in [5.74, 6) is -7.95. The summed E-state index contributed by atoms with van der Waals surface area (Å²) in [5, 5.41) is 4.01. The molecule has 4 rings (SSSR count). The molecule has 28 heavy (non-hydrogen) atoms. The molecule has 2 heterocycles. The number of aromatic nitrogens is 2. The van der Waals surface area contributed by atoms with Crippen molar-refractivity contribution in [2.45, 2.75) is 13.2 Å². The molecule has 0 aliphatic carbocycles. The second-order valence-electron chi connectivity index (χ2n) is 6.15. The van der Waals surface area contributed by atoms with Gasteiger partial charge in [-0.2, -0.15) is 13.9 Å². The Morgan fingerprint density at radius 1 is 1.07 bits per heavy atom. The maximum absolute atomic E-state index is 13.6. The number of amides is 1. The monoisotopic (exact) mass is 391 g/mol. The van der Waals surface area contributed by atoms with Crippen molar-refractivity contribution in [3.63, 3.8) is 0 Å². The molecule has 0 N–H and O–H groups in total. The number of halogens is 4. The van der Waals surface area contributed by atoms with E-state index in [9.17, 15) is 22.4 Å². The lowest BCUT2D eigenvalue weighted by molar-refractivity contribution is 0.0982. The van der Waals surface area contributed by atoms with Crippen molar-refractivity contribution in [3.8, 4) is 5.75 Å². The lowest BCUT2D eigenvalue weighted by Gasteiger charge is -2.15. The molecule has 5 nitrogen and oxygen atoms in total. The van der Waals surface area contributed by atoms with Gasteiger partial charge in [0.2, 0.25) is 11.6 Å². The number of rotatable bonds is 4. The number of nitrogens with zero attached hydrogens (tertiary/aromatic N) is 3. The lowest BCUT2D eigenvalue weighted by Crippen LogP contribution is -2.29. The van der Waals surface area contributed by atoms with Crippen molar-refractivity contribution in [1.29, 1.82) is 0 Å². The summed E-state index contributed by atoms with van der Waals surface area (Å²) in [6.45, 7) is -0.0267. The van der Waals surface area contributed by atoms with Gasteiger partial charge in [-0.15, -0.1) is 0 Å². The zero-order valence-corrected chi connectivity index (χ0v) is 14.3. The minimum Gasteiger partial charge on any atom is -0.465 e. The van der Waals surface area contributed by atoms with Gasteiger partial charge < -0.3 is 9.64 Å². The third-order valence-corrected chi connectivity index (χ3v) is 4.40. The number of para-hydroxylation sites is 1. The summed E-state index contributed by atoms with van der Waals surface area (Å²) >= 11 is 0. The number of carbonyl (C=O) groups is 1. The van der Waals surface area contributed by atoms with Crippen molar-refractivity contribution in [1.82, 2.24) is 9.78 Å². The van der Waals surface area contributed by atoms with Gasteiger partial charge in [-0.3, -0.25) is 4.79 Å². The van der Waals surface area contributed by atoms with Crippen LogP contribution in [0.4, 0.5) is 23.2 Å². The molecule has 0 saturated heterocycles. The molecule has 1 amide bonds. The molecular weight excluding hydrogens is 378 g/mol. The fourth-order valence-electron chi connectivity index (χ4n) is 3.04. The molecular formula is C19H13F4N3O2. The van der Waals surface area contributed by atoms with Crippen LogP contribution in [0.2, 0.25) is 0 Å². The van der Waals surface area contributed by atoms with Gasteiger partial charge in [0.15, 0.2) is 29.8 Å². The topological polar surface area (TPSA) is 47.4 Å². The summed E-state index contributed by atoms with van der Waals surface area (Å²) < 4.78 is 59.6. The normalized spacial score (nSPS) is 12.9. The number of anilines is 1. The van der Waals surface area contributed by atoms with E-state index in [0.29, 0.717) is 6.54 Å². The van der Waals surface area contributed by atoms with E-state index in [-0.39, 0.29) is 17.7 Å². The fourth-order valence-corrected chi connectivity index (χ4v) is 3.04. The summed E-state index contributed by atoms with van der Waals surface area (Å²) in [6, 6.07) is 9.02. The average Bonchev–Trinajstić information content (AvgIpc) is 3.33. The number of hydrogen-bond donors (Lipinski definition) is 0. The Bertz CT molecular complexity index is 1040. The highest BCUT2D eigenvalue weighted by Crippen LogP contribution is 2.29. The second-order valence-corrected chi connectivity index (χ2v) is 6.15. The van der Waals surface area contributed by atoms with E-state index in [0.717, 1.165) is 22.4 Å². The molecule has 144 valence electrons. The summed E-state index contributed by atoms with van der Waals surface area (Å²) in [6.07, 6.45) is 2.09. The molecule has 0 bridgehead atoms. The molecule has 1 aliphatic rings. The highest BCUT2D eigenvalue weighted by molar-refractivity contribution is 6.05. The van der Waals surface area contributed by atoms with Crippen LogP contribution in [-0.2, 0) is 13.2 Å². The van der Waals surface area contributed by atoms with Gasteiger partial charge in [-0.05, 0) is 24.1 Å². The van der Waals surface area contributed by atoms with Crippen LogP contribution in [0.15, 0.2) is 42.6 Å². The quantitative estimate of drug-likeness (QED) is 0.504. The van der Waals surface area contributed by atoms with E-state index < -0.39 is 35.7 Å². The first kappa shape index (κ1) is 18.0. The predicted octanol–water partition coefficient (Wildman–Crippen LogP) is 3.68. The second kappa shape index (κ2) is 6.99. The molecule has 1 aliphatic heterocycles. The molecule has 9 heteroatoms. The Hall–Kier alpha value is -3.36. The summed E-state index contributed by atoms with van der Waals surface area (Å²) in [5.41, 5.74) is 1.96. The molecule has 0 unspecified atom stereocenters. The first-order valence-corrected chi connectivity index (χ1v) is 8.34. The van der Waals surface area contributed by atoms with Crippen LogP contribution in [0, 0.1) is 23.3 Å². The molecule has 1 aromatic heterocycles. The fraction of sp³-hybridized carbons (Fsp3) is 0.158. The van der Waals surface area contributed by atoms with Crippen LogP contribution >= 0.6 is 0 Å². The number of carbonyl (C=O) groups excluding carboxylic acids is 1. The first-order valence-electron chi connectivity index (χ1n) is 8.34. The lowest BCUT2D eigenvalue weighted by atomic mass is 10.2. The van der Waals surface area contributed by atoms with E-state index >= 15 is 0 Å². The highest BCUT2D eigenvalue weighted by atomic mass is 19.2. The molecule has 2 aromatic carbocycles. The number of hydrogen-bond acceptors (Lipinski definition) is 3. The Balaban J connectivity index is 1.50. The molecule has 3 aromatic rings. The molecule has 0 fully saturated rings. The van der Waals surface area contributed by atoms with Crippen molar-refractivity contribution in [3.05, 3.63) is 77.1 Å². The average molecular weight is 391 g/mol. The van der Waals surface area contributed by atoms with Crippen molar-refractivity contribution in [2.24, 2.45) is 0 Å². The van der Waals surface area contributed by atoms with Gasteiger partial charge >= 0.3 is 0 Å². The highest BCUT2D eigenvalue weighted by Gasteiger charge is 2.27. The number of fused-ring (bicyclic) bond motifs is 1. The Morgan fingerprint density at radius 2 is 1.79 bits per heavy atom. The third-order valence-electron chi connectivity index (χ3n) is 4.40. The molecule has 0 spiro atoms. The molecule has 0 radical (unpaired) electrons. The molecule has 0 saturated carbocycles. The Morgan fingerprint density at radius 3 is 2.54 bits per heavy atom. The van der Waals surface area contributed by atoms with Crippen LogP contribution in [0.25, 0.3) is 0 Å². The van der Waals surface area contributed by atoms with Gasteiger partial charge in [0.05, 0.1) is 0 Å². The Labute approximate surface area is 156 Å². The van der Waals surface area contributed by atoms with E-state index in [2.05, 4.69) is 5.10 Å². The van der Waals surface area contributed by atoms with E-state index in [4.69, 9.17) is 4.74 Å². The van der Waals surface area contributed by atoms with Crippen molar-refractivity contribution >= 4 is 11.6 Å². The Kier molecular flexibility index (Phi) is 4.50. The zero-order valence-electron chi connectivity index (χ0n) is 14.3.